The maximum atomic E-state index is 10.8. The fourth-order valence-electron chi connectivity index (χ4n) is 3.84. The average molecular weight is 365 g/mol. The van der Waals surface area contributed by atoms with Crippen LogP contribution in [0.3, 0.4) is 0 Å². The molecule has 0 spiro atoms. The van der Waals surface area contributed by atoms with Gasteiger partial charge in [-0.15, -0.1) is 0 Å². The standard InChI is InChI=1S/C24H30NO2/c1-4-25(5-2,21-13-8-10-19(3)16-21)17-22(26)18-27-24-15-9-12-20-11-6-7-14-23(20)24/h6-16,22,26H,4-5,17-18H2,1-3H3/q+1. The Morgan fingerprint density at radius 3 is 2.37 bits per heavy atom. The maximum Gasteiger partial charge on any atom is 0.137 e. The van der Waals surface area contributed by atoms with E-state index in [4.69, 9.17) is 4.74 Å². The van der Waals surface area contributed by atoms with Crippen LogP contribution in [0.2, 0.25) is 0 Å². The molecule has 0 aliphatic carbocycles. The number of rotatable bonds is 8. The molecule has 1 unspecified atom stereocenters. The van der Waals surface area contributed by atoms with E-state index < -0.39 is 6.10 Å². The number of aliphatic hydroxyl groups is 1. The molecule has 27 heavy (non-hydrogen) atoms. The number of ether oxygens (including phenoxy) is 1. The van der Waals surface area contributed by atoms with Gasteiger partial charge in [0.15, 0.2) is 0 Å². The molecule has 3 nitrogen and oxygen atoms in total. The van der Waals surface area contributed by atoms with Crippen LogP contribution in [-0.4, -0.2) is 37.5 Å². The molecule has 0 fully saturated rings. The van der Waals surface area contributed by atoms with Crippen molar-refractivity contribution >= 4 is 16.5 Å². The zero-order valence-electron chi connectivity index (χ0n) is 16.6. The Morgan fingerprint density at radius 2 is 1.63 bits per heavy atom. The van der Waals surface area contributed by atoms with Crippen molar-refractivity contribution < 1.29 is 9.84 Å². The second-order valence-electron chi connectivity index (χ2n) is 7.24. The van der Waals surface area contributed by atoms with Crippen molar-refractivity contribution in [3.05, 3.63) is 72.3 Å². The Bertz CT molecular complexity index is 881. The summed E-state index contributed by atoms with van der Waals surface area (Å²) in [7, 11) is 0. The molecule has 3 heteroatoms. The quantitative estimate of drug-likeness (QED) is 0.574. The molecule has 3 aromatic carbocycles. The lowest BCUT2D eigenvalue weighted by Crippen LogP contribution is -2.54. The maximum absolute atomic E-state index is 10.8. The van der Waals surface area contributed by atoms with Crippen LogP contribution in [0, 0.1) is 6.92 Å². The number of nitrogens with zero attached hydrogens (tertiary/aromatic N) is 1. The third-order valence-corrected chi connectivity index (χ3v) is 5.50. The van der Waals surface area contributed by atoms with Gasteiger partial charge in [0.2, 0.25) is 0 Å². The second kappa shape index (κ2) is 8.55. The van der Waals surface area contributed by atoms with Gasteiger partial charge in [0.25, 0.3) is 0 Å². The fourth-order valence-corrected chi connectivity index (χ4v) is 3.84. The topological polar surface area (TPSA) is 29.5 Å². The van der Waals surface area contributed by atoms with Crippen molar-refractivity contribution in [3.63, 3.8) is 0 Å². The third kappa shape index (κ3) is 4.32. The van der Waals surface area contributed by atoms with Crippen LogP contribution in [0.5, 0.6) is 5.75 Å². The van der Waals surface area contributed by atoms with E-state index in [9.17, 15) is 5.11 Å². The summed E-state index contributed by atoms with van der Waals surface area (Å²) in [5, 5.41) is 13.0. The van der Waals surface area contributed by atoms with E-state index in [2.05, 4.69) is 63.2 Å². The summed E-state index contributed by atoms with van der Waals surface area (Å²) in [5.74, 6) is 0.828. The van der Waals surface area contributed by atoms with Gasteiger partial charge in [0.1, 0.15) is 30.7 Å². The van der Waals surface area contributed by atoms with Crippen molar-refractivity contribution in [2.24, 2.45) is 0 Å². The zero-order chi connectivity index (χ0) is 19.3. The lowest BCUT2D eigenvalue weighted by molar-refractivity contribution is 0.0736. The highest BCUT2D eigenvalue weighted by Gasteiger charge is 2.30. The minimum absolute atomic E-state index is 0.291. The molecule has 142 valence electrons. The van der Waals surface area contributed by atoms with Gasteiger partial charge in [-0.3, -0.25) is 4.48 Å². The van der Waals surface area contributed by atoms with Gasteiger partial charge in [0.05, 0.1) is 13.1 Å². The molecule has 0 heterocycles. The Balaban J connectivity index is 1.74. The van der Waals surface area contributed by atoms with Gasteiger partial charge in [-0.2, -0.15) is 0 Å². The van der Waals surface area contributed by atoms with Crippen LogP contribution < -0.4 is 9.22 Å². The lowest BCUT2D eigenvalue weighted by atomic mass is 10.1. The summed E-state index contributed by atoms with van der Waals surface area (Å²) >= 11 is 0. The molecule has 0 aliphatic rings. The van der Waals surface area contributed by atoms with Crippen molar-refractivity contribution in [2.45, 2.75) is 26.9 Å². The van der Waals surface area contributed by atoms with Gasteiger partial charge in [0, 0.05) is 11.5 Å². The summed E-state index contributed by atoms with van der Waals surface area (Å²) in [6.45, 7) is 9.29. The van der Waals surface area contributed by atoms with Crippen molar-refractivity contribution in [3.8, 4) is 5.75 Å². The second-order valence-corrected chi connectivity index (χ2v) is 7.24. The average Bonchev–Trinajstić information content (AvgIpc) is 2.70. The predicted molar refractivity (Wildman–Crippen MR) is 114 cm³/mol. The van der Waals surface area contributed by atoms with Crippen LogP contribution in [0.25, 0.3) is 10.8 Å². The first-order valence-electron chi connectivity index (χ1n) is 9.80. The molecule has 0 radical (unpaired) electrons. The highest BCUT2D eigenvalue weighted by molar-refractivity contribution is 5.88. The highest BCUT2D eigenvalue weighted by atomic mass is 16.5. The highest BCUT2D eigenvalue weighted by Crippen LogP contribution is 2.27. The lowest BCUT2D eigenvalue weighted by Gasteiger charge is -2.38. The fraction of sp³-hybridized carbons (Fsp3) is 0.333. The van der Waals surface area contributed by atoms with Crippen LogP contribution in [0.15, 0.2) is 66.7 Å². The Hall–Kier alpha value is -2.36. The van der Waals surface area contributed by atoms with Crippen molar-refractivity contribution in [1.29, 1.82) is 0 Å². The monoisotopic (exact) mass is 364 g/mol. The van der Waals surface area contributed by atoms with Gasteiger partial charge in [-0.05, 0) is 43.9 Å². The Labute approximate surface area is 162 Å². The minimum Gasteiger partial charge on any atom is -0.490 e. The number of aryl methyl sites for hydroxylation is 1. The molecule has 0 aliphatic heterocycles. The van der Waals surface area contributed by atoms with E-state index in [0.717, 1.165) is 34.1 Å². The molecule has 0 amide bonds. The van der Waals surface area contributed by atoms with Gasteiger partial charge < -0.3 is 9.84 Å². The molecular weight excluding hydrogens is 334 g/mol. The summed E-state index contributed by atoms with van der Waals surface area (Å²) in [4.78, 5) is 0. The number of benzene rings is 3. The van der Waals surface area contributed by atoms with Crippen LogP contribution >= 0.6 is 0 Å². The largest absolute Gasteiger partial charge is 0.490 e. The first-order valence-corrected chi connectivity index (χ1v) is 9.80. The molecule has 1 N–H and O–H groups in total. The number of aliphatic hydroxyl groups excluding tert-OH is 1. The van der Waals surface area contributed by atoms with E-state index in [1.165, 1.54) is 11.3 Å². The van der Waals surface area contributed by atoms with E-state index in [1.807, 2.05) is 24.3 Å². The number of hydrogen-bond acceptors (Lipinski definition) is 2. The number of fused-ring (bicyclic) bond motifs is 1. The molecule has 0 saturated carbocycles. The summed E-state index contributed by atoms with van der Waals surface area (Å²) in [6.07, 6.45) is -0.538. The predicted octanol–water partition coefficient (Wildman–Crippen LogP) is 4.94. The molecule has 0 saturated heterocycles. The SMILES string of the molecule is CC[N+](CC)(CC(O)COc1cccc2ccccc12)c1cccc(C)c1. The summed E-state index contributed by atoms with van der Waals surface area (Å²) in [6, 6.07) is 22.8. The first kappa shape index (κ1) is 19.4. The number of quaternary nitrogens is 1. The van der Waals surface area contributed by atoms with Gasteiger partial charge >= 0.3 is 0 Å². The first-order chi connectivity index (χ1) is 13.1. The molecule has 3 rings (SSSR count). The van der Waals surface area contributed by atoms with E-state index in [-0.39, 0.29) is 0 Å². The summed E-state index contributed by atoms with van der Waals surface area (Å²) < 4.78 is 6.77. The van der Waals surface area contributed by atoms with Crippen LogP contribution in [-0.2, 0) is 0 Å². The number of likely N-dealkylation sites (N-methyl/N-ethyl adjacent to an activating group) is 1. The molecular formula is C24H30NO2+. The van der Waals surface area contributed by atoms with E-state index in [0.29, 0.717) is 13.2 Å². The normalized spacial score (nSPS) is 12.9. The molecule has 0 aromatic heterocycles. The Kier molecular flexibility index (Phi) is 6.15. The number of hydrogen-bond donors (Lipinski definition) is 1. The smallest absolute Gasteiger partial charge is 0.137 e. The van der Waals surface area contributed by atoms with Gasteiger partial charge in [-0.1, -0.05) is 48.5 Å². The van der Waals surface area contributed by atoms with Crippen LogP contribution in [0.4, 0.5) is 5.69 Å². The third-order valence-electron chi connectivity index (χ3n) is 5.50. The minimum atomic E-state index is -0.538. The summed E-state index contributed by atoms with van der Waals surface area (Å²) in [5.41, 5.74) is 2.50. The molecule has 3 aromatic rings. The molecule has 0 bridgehead atoms. The van der Waals surface area contributed by atoms with Gasteiger partial charge in [-0.25, -0.2) is 0 Å². The Morgan fingerprint density at radius 1 is 0.926 bits per heavy atom. The van der Waals surface area contributed by atoms with E-state index >= 15 is 0 Å². The molecule has 1 atom stereocenters. The van der Waals surface area contributed by atoms with Crippen LogP contribution in [0.1, 0.15) is 19.4 Å². The van der Waals surface area contributed by atoms with Crippen molar-refractivity contribution in [1.82, 2.24) is 4.48 Å². The zero-order valence-corrected chi connectivity index (χ0v) is 16.6. The van der Waals surface area contributed by atoms with Crippen molar-refractivity contribution in [2.75, 3.05) is 26.2 Å². The van der Waals surface area contributed by atoms with E-state index in [1.54, 1.807) is 0 Å².